The monoisotopic (exact) mass is 447 g/mol. The minimum Gasteiger partial charge on any atom is -0.495 e. The van der Waals surface area contributed by atoms with Gasteiger partial charge in [-0.15, -0.1) is 0 Å². The van der Waals surface area contributed by atoms with Gasteiger partial charge in [0.15, 0.2) is 0 Å². The van der Waals surface area contributed by atoms with Crippen molar-refractivity contribution < 1.29 is 24.0 Å². The Morgan fingerprint density at radius 3 is 2.73 bits per heavy atom. The topological polar surface area (TPSA) is 119 Å². The molecule has 1 fully saturated rings. The number of thioether (sulfide) groups is 1. The normalized spacial score (nSPS) is 14.9. The maximum absolute atomic E-state index is 12.6. The number of non-ortho nitro benzene ring substituents is 1. The molecular weight excluding hydrogens is 434 g/mol. The Balaban J connectivity index is 1.76. The van der Waals surface area contributed by atoms with Crippen LogP contribution in [0.5, 0.6) is 5.75 Å². The summed E-state index contributed by atoms with van der Waals surface area (Å²) in [6.45, 7) is -0.497. The van der Waals surface area contributed by atoms with Crippen LogP contribution >= 0.6 is 23.4 Å². The van der Waals surface area contributed by atoms with Crippen LogP contribution in [-0.4, -0.2) is 40.5 Å². The van der Waals surface area contributed by atoms with Gasteiger partial charge in [-0.1, -0.05) is 23.7 Å². The molecule has 1 aliphatic heterocycles. The van der Waals surface area contributed by atoms with Crippen LogP contribution in [0.4, 0.5) is 16.2 Å². The van der Waals surface area contributed by atoms with Crippen molar-refractivity contribution >= 4 is 57.9 Å². The molecule has 0 aromatic heterocycles. The van der Waals surface area contributed by atoms with Crippen LogP contribution < -0.4 is 10.1 Å². The lowest BCUT2D eigenvalue weighted by molar-refractivity contribution is -0.384. The molecule has 1 aliphatic rings. The molecule has 154 valence electrons. The summed E-state index contributed by atoms with van der Waals surface area (Å²) in [5, 5.41) is 13.1. The number of ether oxygens (including phenoxy) is 1. The van der Waals surface area contributed by atoms with Crippen molar-refractivity contribution in [1.82, 2.24) is 4.90 Å². The Labute approximate surface area is 179 Å². The number of anilines is 1. The molecule has 0 atom stereocenters. The number of hydrogen-bond donors (Lipinski definition) is 1. The number of methoxy groups -OCH3 is 1. The largest absolute Gasteiger partial charge is 0.495 e. The van der Waals surface area contributed by atoms with E-state index in [2.05, 4.69) is 5.32 Å². The van der Waals surface area contributed by atoms with Crippen LogP contribution in [-0.2, 0) is 9.59 Å². The first-order valence-corrected chi connectivity index (χ1v) is 9.61. The standard InChI is InChI=1S/C19H14ClN3O6S/c1-29-15-5-3-2-4-14(15)21-17(24)10-22-18(25)16(30-19(22)26)9-11-8-12(23(27)28)6-7-13(11)20/h2-9H,10H2,1H3,(H,21,24)/b16-9-. The third-order valence-electron chi connectivity index (χ3n) is 4.03. The lowest BCUT2D eigenvalue weighted by Crippen LogP contribution is -2.36. The SMILES string of the molecule is COc1ccccc1NC(=O)CN1C(=O)S/C(=C\c2cc([N+](=O)[O-])ccc2Cl)C1=O. The Morgan fingerprint density at radius 1 is 1.30 bits per heavy atom. The van der Waals surface area contributed by atoms with Crippen molar-refractivity contribution in [2.45, 2.75) is 0 Å². The van der Waals surface area contributed by atoms with Crippen LogP contribution in [0.1, 0.15) is 5.56 Å². The average molecular weight is 448 g/mol. The fourth-order valence-corrected chi connectivity index (χ4v) is 3.62. The molecule has 0 aliphatic carbocycles. The molecule has 9 nitrogen and oxygen atoms in total. The summed E-state index contributed by atoms with van der Waals surface area (Å²) in [6, 6.07) is 10.5. The molecule has 1 heterocycles. The van der Waals surface area contributed by atoms with Gasteiger partial charge in [0.2, 0.25) is 5.91 Å². The van der Waals surface area contributed by atoms with Crippen LogP contribution in [0, 0.1) is 10.1 Å². The Kier molecular flexibility index (Phi) is 6.38. The zero-order valence-corrected chi connectivity index (χ0v) is 17.0. The van der Waals surface area contributed by atoms with E-state index in [1.54, 1.807) is 24.3 Å². The number of halogens is 1. The second kappa shape index (κ2) is 8.97. The number of benzene rings is 2. The second-order valence-corrected chi connectivity index (χ2v) is 7.38. The van der Waals surface area contributed by atoms with Crippen LogP contribution in [0.15, 0.2) is 47.4 Å². The number of nitrogens with one attached hydrogen (secondary N) is 1. The van der Waals surface area contributed by atoms with Crippen molar-refractivity contribution in [2.24, 2.45) is 0 Å². The van der Waals surface area contributed by atoms with E-state index in [4.69, 9.17) is 16.3 Å². The highest BCUT2D eigenvalue weighted by molar-refractivity contribution is 8.18. The van der Waals surface area contributed by atoms with E-state index in [1.807, 2.05) is 0 Å². The predicted octanol–water partition coefficient (Wildman–Crippen LogP) is 3.93. The van der Waals surface area contributed by atoms with Crippen LogP contribution in [0.3, 0.4) is 0 Å². The summed E-state index contributed by atoms with van der Waals surface area (Å²) in [7, 11) is 1.45. The molecule has 2 aromatic carbocycles. The number of hydrogen-bond acceptors (Lipinski definition) is 7. The van der Waals surface area contributed by atoms with Gasteiger partial charge in [0.1, 0.15) is 12.3 Å². The molecule has 30 heavy (non-hydrogen) atoms. The van der Waals surface area contributed by atoms with E-state index < -0.39 is 28.5 Å². The number of nitro benzene ring substituents is 1. The quantitative estimate of drug-likeness (QED) is 0.404. The third-order valence-corrected chi connectivity index (χ3v) is 5.28. The molecule has 3 rings (SSSR count). The lowest BCUT2D eigenvalue weighted by atomic mass is 10.2. The summed E-state index contributed by atoms with van der Waals surface area (Å²) in [6.07, 6.45) is 1.29. The molecule has 11 heteroatoms. The molecule has 0 unspecified atom stereocenters. The van der Waals surface area contributed by atoms with E-state index in [-0.39, 0.29) is 21.2 Å². The summed E-state index contributed by atoms with van der Waals surface area (Å²) < 4.78 is 5.14. The average Bonchev–Trinajstić information content (AvgIpc) is 2.97. The molecular formula is C19H14ClN3O6S. The number of amides is 3. The van der Waals surface area contributed by atoms with Crippen LogP contribution in [0.2, 0.25) is 5.02 Å². The molecule has 1 N–H and O–H groups in total. The van der Waals surface area contributed by atoms with Gasteiger partial charge >= 0.3 is 0 Å². The number of rotatable bonds is 6. The van der Waals surface area contributed by atoms with Crippen molar-refractivity contribution in [3.8, 4) is 5.75 Å². The third kappa shape index (κ3) is 4.61. The fraction of sp³-hybridized carbons (Fsp3) is 0.105. The van der Waals surface area contributed by atoms with E-state index in [1.165, 1.54) is 31.4 Å². The summed E-state index contributed by atoms with van der Waals surface area (Å²) in [4.78, 5) is 48.3. The number of nitro groups is 1. The Hall–Kier alpha value is -3.37. The van der Waals surface area contributed by atoms with Gasteiger partial charge in [0, 0.05) is 22.7 Å². The van der Waals surface area contributed by atoms with Crippen molar-refractivity contribution in [1.29, 1.82) is 0 Å². The highest BCUT2D eigenvalue weighted by atomic mass is 35.5. The Bertz CT molecular complexity index is 1090. The molecule has 1 saturated heterocycles. The predicted molar refractivity (Wildman–Crippen MR) is 112 cm³/mol. The zero-order valence-electron chi connectivity index (χ0n) is 15.5. The van der Waals surface area contributed by atoms with Gasteiger partial charge in [-0.3, -0.25) is 29.4 Å². The minimum absolute atomic E-state index is 0.00693. The maximum Gasteiger partial charge on any atom is 0.294 e. The number of para-hydroxylation sites is 2. The molecule has 2 aromatic rings. The number of imide groups is 1. The number of nitrogens with zero attached hydrogens (tertiary/aromatic N) is 2. The van der Waals surface area contributed by atoms with Gasteiger partial charge in [0.25, 0.3) is 16.8 Å². The highest BCUT2D eigenvalue weighted by Gasteiger charge is 2.36. The molecule has 0 spiro atoms. The minimum atomic E-state index is -0.692. The summed E-state index contributed by atoms with van der Waals surface area (Å²) >= 11 is 6.66. The van der Waals surface area contributed by atoms with Crippen molar-refractivity contribution in [3.05, 3.63) is 68.1 Å². The molecule has 0 saturated carbocycles. The fourth-order valence-electron chi connectivity index (χ4n) is 2.61. The van der Waals surface area contributed by atoms with Crippen molar-refractivity contribution in [3.63, 3.8) is 0 Å². The van der Waals surface area contributed by atoms with Gasteiger partial charge in [-0.05, 0) is 36.0 Å². The van der Waals surface area contributed by atoms with E-state index in [0.29, 0.717) is 23.2 Å². The lowest BCUT2D eigenvalue weighted by Gasteiger charge is -2.14. The number of carbonyl (C=O) groups excluding carboxylic acids is 3. The maximum atomic E-state index is 12.6. The van der Waals surface area contributed by atoms with Gasteiger partial charge in [-0.25, -0.2) is 0 Å². The zero-order chi connectivity index (χ0) is 21.8. The summed E-state index contributed by atoms with van der Waals surface area (Å²) in [5.74, 6) is -0.848. The van der Waals surface area contributed by atoms with E-state index in [0.717, 1.165) is 4.90 Å². The smallest absolute Gasteiger partial charge is 0.294 e. The Morgan fingerprint density at radius 2 is 2.03 bits per heavy atom. The first-order chi connectivity index (χ1) is 14.3. The van der Waals surface area contributed by atoms with Gasteiger partial charge < -0.3 is 10.1 Å². The van der Waals surface area contributed by atoms with Crippen molar-refractivity contribution in [2.75, 3.05) is 19.0 Å². The molecule has 0 radical (unpaired) electrons. The first kappa shape index (κ1) is 21.3. The highest BCUT2D eigenvalue weighted by Crippen LogP contribution is 2.34. The first-order valence-electron chi connectivity index (χ1n) is 8.42. The molecule has 3 amide bonds. The van der Waals surface area contributed by atoms with Gasteiger partial charge in [0.05, 0.1) is 22.6 Å². The summed E-state index contributed by atoms with van der Waals surface area (Å²) in [5.41, 5.74) is 0.409. The second-order valence-electron chi connectivity index (χ2n) is 5.98. The number of carbonyl (C=O) groups is 3. The van der Waals surface area contributed by atoms with E-state index in [9.17, 15) is 24.5 Å². The van der Waals surface area contributed by atoms with Gasteiger partial charge in [-0.2, -0.15) is 0 Å². The molecule has 0 bridgehead atoms. The van der Waals surface area contributed by atoms with E-state index >= 15 is 0 Å². The van der Waals surface area contributed by atoms with Crippen LogP contribution in [0.25, 0.3) is 6.08 Å².